The predicted molar refractivity (Wildman–Crippen MR) is 130 cm³/mol. The molecule has 1 aliphatic carbocycles. The highest BCUT2D eigenvalue weighted by Gasteiger charge is 2.29. The van der Waals surface area contributed by atoms with Crippen molar-refractivity contribution in [1.82, 2.24) is 20.4 Å². The zero-order chi connectivity index (χ0) is 23.5. The number of amides is 2. The highest BCUT2D eigenvalue weighted by atomic mass is 35.5. The summed E-state index contributed by atoms with van der Waals surface area (Å²) in [7, 11) is 0. The quantitative estimate of drug-likeness (QED) is 0.529. The Morgan fingerprint density at radius 3 is 2.52 bits per heavy atom. The molecule has 7 heteroatoms. The number of hydrogen-bond donors (Lipinski definition) is 2. The highest BCUT2D eigenvalue weighted by molar-refractivity contribution is 6.31. The molecule has 0 saturated heterocycles. The normalized spacial score (nSPS) is 14.1. The first-order valence-electron chi connectivity index (χ1n) is 11.3. The number of carbonyl (C=O) groups excluding carboxylic acids is 2. The Morgan fingerprint density at radius 1 is 1.12 bits per heavy atom. The molecule has 1 unspecified atom stereocenters. The minimum atomic E-state index is -0.618. The maximum atomic E-state index is 13.0. The van der Waals surface area contributed by atoms with Crippen LogP contribution < -0.4 is 10.6 Å². The van der Waals surface area contributed by atoms with Crippen LogP contribution in [0.1, 0.15) is 40.9 Å². The van der Waals surface area contributed by atoms with Gasteiger partial charge in [-0.25, -0.2) is 4.68 Å². The van der Waals surface area contributed by atoms with Crippen molar-refractivity contribution in [3.63, 3.8) is 0 Å². The molecule has 6 nitrogen and oxygen atoms in total. The van der Waals surface area contributed by atoms with E-state index in [1.54, 1.807) is 0 Å². The van der Waals surface area contributed by atoms with Gasteiger partial charge in [0.25, 0.3) is 0 Å². The maximum Gasteiger partial charge on any atom is 0.243 e. The molecule has 0 radical (unpaired) electrons. The van der Waals surface area contributed by atoms with Gasteiger partial charge in [0.2, 0.25) is 11.8 Å². The van der Waals surface area contributed by atoms with Crippen LogP contribution in [0.15, 0.2) is 48.5 Å². The van der Waals surface area contributed by atoms with Gasteiger partial charge in [-0.3, -0.25) is 9.59 Å². The van der Waals surface area contributed by atoms with E-state index in [9.17, 15) is 9.59 Å². The first kappa shape index (κ1) is 23.1. The zero-order valence-corrected chi connectivity index (χ0v) is 19.9. The van der Waals surface area contributed by atoms with Crippen molar-refractivity contribution < 1.29 is 9.59 Å². The first-order chi connectivity index (χ1) is 15.8. The van der Waals surface area contributed by atoms with Gasteiger partial charge in [-0.1, -0.05) is 48.0 Å². The van der Waals surface area contributed by atoms with E-state index in [1.807, 2.05) is 74.0 Å². The van der Waals surface area contributed by atoms with E-state index >= 15 is 0 Å². The molecule has 2 aromatic carbocycles. The number of nitrogens with zero attached hydrogens (tertiary/aromatic N) is 2. The maximum absolute atomic E-state index is 13.0. The fourth-order valence-corrected chi connectivity index (χ4v) is 4.06. The Bertz CT molecular complexity index is 1170. The van der Waals surface area contributed by atoms with E-state index in [0.29, 0.717) is 11.4 Å². The largest absolute Gasteiger partial charge is 0.352 e. The molecule has 0 spiro atoms. The lowest BCUT2D eigenvalue weighted by atomic mass is 10.0. The van der Waals surface area contributed by atoms with E-state index < -0.39 is 6.04 Å². The Hall–Kier alpha value is -3.12. The van der Waals surface area contributed by atoms with Crippen LogP contribution in [-0.4, -0.2) is 33.7 Å². The molecule has 2 N–H and O–H groups in total. The summed E-state index contributed by atoms with van der Waals surface area (Å²) in [6, 6.07) is 15.1. The number of halogens is 1. The smallest absolute Gasteiger partial charge is 0.243 e. The molecule has 172 valence electrons. The van der Waals surface area contributed by atoms with Gasteiger partial charge in [-0.15, -0.1) is 0 Å². The second kappa shape index (κ2) is 9.79. The summed E-state index contributed by atoms with van der Waals surface area (Å²) in [6.07, 6.45) is 2.60. The molecule has 1 saturated carbocycles. The molecule has 0 aliphatic heterocycles. The molecule has 3 aromatic rings. The summed E-state index contributed by atoms with van der Waals surface area (Å²) < 4.78 is 1.81. The fraction of sp³-hybridized carbons (Fsp3) is 0.346. The van der Waals surface area contributed by atoms with Gasteiger partial charge in [0, 0.05) is 28.7 Å². The lowest BCUT2D eigenvalue weighted by molar-refractivity contribution is -0.128. The number of benzene rings is 2. The van der Waals surface area contributed by atoms with E-state index in [0.717, 1.165) is 46.6 Å². The highest BCUT2D eigenvalue weighted by Crippen LogP contribution is 2.23. The summed E-state index contributed by atoms with van der Waals surface area (Å²) in [5.41, 5.74) is 5.36. The van der Waals surface area contributed by atoms with Gasteiger partial charge in [0.1, 0.15) is 6.04 Å². The van der Waals surface area contributed by atoms with Crippen molar-refractivity contribution in [3.8, 4) is 5.69 Å². The number of aromatic nitrogens is 2. The van der Waals surface area contributed by atoms with Crippen LogP contribution in [0.2, 0.25) is 5.02 Å². The molecule has 1 atom stereocenters. The Balaban J connectivity index is 1.50. The standard InChI is InChI=1S/C26H29ClN4O2/c1-16-9-12-21(14-23(16)27)31-18(3)22(17(2)30-31)15-25(32)29-24(26(33)28-20-10-11-20)13-19-7-5-4-6-8-19/h4-9,12,14,20,24H,10-11,13,15H2,1-3H3,(H,28,33)(H,29,32). The SMILES string of the molecule is Cc1ccc(-n2nc(C)c(CC(=O)NC(Cc3ccccc3)C(=O)NC3CC3)c2C)cc1Cl. The van der Waals surface area contributed by atoms with Crippen molar-refractivity contribution in [2.45, 2.75) is 58.5 Å². The second-order valence-corrected chi connectivity index (χ2v) is 9.17. The van der Waals surface area contributed by atoms with Crippen LogP contribution in [0.5, 0.6) is 0 Å². The van der Waals surface area contributed by atoms with Crippen LogP contribution in [-0.2, 0) is 22.4 Å². The molecule has 0 bridgehead atoms. The van der Waals surface area contributed by atoms with Crippen LogP contribution in [0.3, 0.4) is 0 Å². The lowest BCUT2D eigenvalue weighted by Gasteiger charge is -2.19. The van der Waals surface area contributed by atoms with Gasteiger partial charge in [-0.2, -0.15) is 5.10 Å². The van der Waals surface area contributed by atoms with Crippen molar-refractivity contribution in [2.24, 2.45) is 0 Å². The van der Waals surface area contributed by atoms with Gasteiger partial charge < -0.3 is 10.6 Å². The number of nitrogens with one attached hydrogen (secondary N) is 2. The Labute approximate surface area is 199 Å². The lowest BCUT2D eigenvalue weighted by Crippen LogP contribution is -2.49. The summed E-state index contributed by atoms with van der Waals surface area (Å²) in [5.74, 6) is -0.331. The van der Waals surface area contributed by atoms with Gasteiger partial charge in [0.15, 0.2) is 0 Å². The molecular formula is C26H29ClN4O2. The molecule has 1 heterocycles. The van der Waals surface area contributed by atoms with Gasteiger partial charge >= 0.3 is 0 Å². The van der Waals surface area contributed by atoms with Crippen LogP contribution in [0, 0.1) is 20.8 Å². The average Bonchev–Trinajstić information content (AvgIpc) is 3.56. The Morgan fingerprint density at radius 2 is 1.85 bits per heavy atom. The van der Waals surface area contributed by atoms with Crippen LogP contribution in [0.25, 0.3) is 5.69 Å². The molecule has 4 rings (SSSR count). The number of carbonyl (C=O) groups is 2. The molecule has 1 aromatic heterocycles. The molecule has 1 fully saturated rings. The Kier molecular flexibility index (Phi) is 6.84. The zero-order valence-electron chi connectivity index (χ0n) is 19.2. The monoisotopic (exact) mass is 464 g/mol. The van der Waals surface area contributed by atoms with Crippen LogP contribution >= 0.6 is 11.6 Å². The van der Waals surface area contributed by atoms with Gasteiger partial charge in [0.05, 0.1) is 17.8 Å². The molecule has 1 aliphatic rings. The summed E-state index contributed by atoms with van der Waals surface area (Å²) >= 11 is 6.30. The third kappa shape index (κ3) is 5.63. The molecule has 2 amide bonds. The molecular weight excluding hydrogens is 436 g/mol. The first-order valence-corrected chi connectivity index (χ1v) is 11.6. The predicted octanol–water partition coefficient (Wildman–Crippen LogP) is 4.00. The van der Waals surface area contributed by atoms with Crippen molar-refractivity contribution in [1.29, 1.82) is 0 Å². The van der Waals surface area contributed by atoms with E-state index in [2.05, 4.69) is 15.7 Å². The third-order valence-electron chi connectivity index (χ3n) is 6.04. The number of rotatable bonds is 8. The van der Waals surface area contributed by atoms with E-state index in [4.69, 9.17) is 11.6 Å². The second-order valence-electron chi connectivity index (χ2n) is 8.76. The summed E-state index contributed by atoms with van der Waals surface area (Å²) in [6.45, 7) is 5.79. The average molecular weight is 465 g/mol. The fourth-order valence-electron chi connectivity index (χ4n) is 3.89. The third-order valence-corrected chi connectivity index (χ3v) is 6.44. The topological polar surface area (TPSA) is 76.0 Å². The van der Waals surface area contributed by atoms with E-state index in [-0.39, 0.29) is 24.3 Å². The van der Waals surface area contributed by atoms with Crippen molar-refractivity contribution >= 4 is 23.4 Å². The van der Waals surface area contributed by atoms with Crippen LogP contribution in [0.4, 0.5) is 0 Å². The number of hydrogen-bond acceptors (Lipinski definition) is 3. The summed E-state index contributed by atoms with van der Waals surface area (Å²) in [4.78, 5) is 25.8. The summed E-state index contributed by atoms with van der Waals surface area (Å²) in [5, 5.41) is 11.3. The van der Waals surface area contributed by atoms with Gasteiger partial charge in [-0.05, 0) is 56.9 Å². The van der Waals surface area contributed by atoms with Crippen molar-refractivity contribution in [2.75, 3.05) is 0 Å². The molecule has 33 heavy (non-hydrogen) atoms. The number of aryl methyl sites for hydroxylation is 2. The minimum absolute atomic E-state index is 0.131. The van der Waals surface area contributed by atoms with Crippen molar-refractivity contribution in [3.05, 3.63) is 81.6 Å². The minimum Gasteiger partial charge on any atom is -0.352 e. The van der Waals surface area contributed by atoms with E-state index in [1.165, 1.54) is 0 Å².